The fourth-order valence-electron chi connectivity index (χ4n) is 2.76. The number of hydrogen-bond acceptors (Lipinski definition) is 3. The van der Waals surface area contributed by atoms with Crippen LogP contribution in [-0.2, 0) is 0 Å². The summed E-state index contributed by atoms with van der Waals surface area (Å²) in [4.78, 5) is 2.62. The minimum atomic E-state index is -1.14. The van der Waals surface area contributed by atoms with Gasteiger partial charge in [-0.25, -0.2) is 0 Å². The minimum absolute atomic E-state index is 0.168. The maximum atomic E-state index is 10.4. The number of fused-ring (bicyclic) bond motifs is 3. The molecule has 2 N–H and O–H groups in total. The molecule has 110 valence electrons. The Hall–Kier alpha value is -2.59. The summed E-state index contributed by atoms with van der Waals surface area (Å²) in [5.41, 5.74) is 8.98. The molecule has 0 aliphatic heterocycles. The second-order valence-corrected chi connectivity index (χ2v) is 5.16. The lowest BCUT2D eigenvalue weighted by Crippen LogP contribution is -2.21. The number of hydrogen-bond donors (Lipinski definition) is 2. The van der Waals surface area contributed by atoms with Crippen LogP contribution in [-0.4, -0.2) is 22.9 Å². The van der Waals surface area contributed by atoms with Gasteiger partial charge in [0.25, 0.3) is 0 Å². The molecule has 2 atom stereocenters. The van der Waals surface area contributed by atoms with E-state index in [0.29, 0.717) is 5.56 Å². The van der Waals surface area contributed by atoms with Crippen LogP contribution < -0.4 is 0 Å². The van der Waals surface area contributed by atoms with Gasteiger partial charge < -0.3 is 10.2 Å². The first-order chi connectivity index (χ1) is 10.7. The Bertz CT molecular complexity index is 872. The van der Waals surface area contributed by atoms with Crippen LogP contribution in [0.1, 0.15) is 11.7 Å². The molecule has 0 spiro atoms. The number of aliphatic hydroxyl groups is 2. The molecule has 0 saturated carbocycles. The van der Waals surface area contributed by atoms with Gasteiger partial charge in [-0.15, -0.1) is 0 Å². The van der Waals surface area contributed by atoms with Crippen LogP contribution in [0.3, 0.4) is 0 Å². The predicted octanol–water partition coefficient (Wildman–Crippen LogP) is 3.70. The molecule has 0 amide bonds. The second kappa shape index (κ2) is 6.03. The van der Waals surface area contributed by atoms with Crippen molar-refractivity contribution in [3.63, 3.8) is 0 Å². The van der Waals surface area contributed by atoms with Gasteiger partial charge in [0.1, 0.15) is 6.10 Å². The van der Waals surface area contributed by atoms with Gasteiger partial charge in [0.05, 0.1) is 12.6 Å². The van der Waals surface area contributed by atoms with E-state index in [1.54, 1.807) is 0 Å². The average Bonchev–Trinajstić information content (AvgIpc) is 2.58. The van der Waals surface area contributed by atoms with Crippen molar-refractivity contribution in [2.24, 2.45) is 5.11 Å². The molecular formula is C17H15N3O2. The molecule has 22 heavy (non-hydrogen) atoms. The standard InChI is InChI=1S/C17H15N3O2/c18-20-19-10-16(21)17(22)15-9-11-5-1-2-6-12(11)13-7-3-4-8-14(13)15/h1-9,16-17,21-22H,10H2. The summed E-state index contributed by atoms with van der Waals surface area (Å²) in [7, 11) is 0. The van der Waals surface area contributed by atoms with Gasteiger partial charge in [-0.2, -0.15) is 0 Å². The van der Waals surface area contributed by atoms with E-state index in [1.807, 2.05) is 54.6 Å². The van der Waals surface area contributed by atoms with Crippen molar-refractivity contribution < 1.29 is 10.2 Å². The molecule has 0 aliphatic rings. The van der Waals surface area contributed by atoms with Crippen LogP contribution in [0.2, 0.25) is 0 Å². The van der Waals surface area contributed by atoms with Gasteiger partial charge in [0, 0.05) is 4.91 Å². The fourth-order valence-corrected chi connectivity index (χ4v) is 2.76. The maximum Gasteiger partial charge on any atom is 0.106 e. The Morgan fingerprint density at radius 3 is 2.32 bits per heavy atom. The van der Waals surface area contributed by atoms with Gasteiger partial charge in [0.2, 0.25) is 0 Å². The lowest BCUT2D eigenvalue weighted by atomic mass is 9.93. The van der Waals surface area contributed by atoms with Crippen molar-refractivity contribution in [2.75, 3.05) is 6.54 Å². The number of benzene rings is 3. The number of aliphatic hydroxyl groups excluding tert-OH is 2. The number of nitrogens with zero attached hydrogens (tertiary/aromatic N) is 3. The molecule has 3 rings (SSSR count). The van der Waals surface area contributed by atoms with E-state index in [4.69, 9.17) is 5.53 Å². The lowest BCUT2D eigenvalue weighted by molar-refractivity contribution is 0.0254. The largest absolute Gasteiger partial charge is 0.390 e. The van der Waals surface area contributed by atoms with Gasteiger partial charge in [-0.05, 0) is 38.7 Å². The van der Waals surface area contributed by atoms with Crippen molar-refractivity contribution >= 4 is 21.5 Å². The Kier molecular flexibility index (Phi) is 3.94. The maximum absolute atomic E-state index is 10.4. The molecular weight excluding hydrogens is 278 g/mol. The van der Waals surface area contributed by atoms with Crippen molar-refractivity contribution in [1.29, 1.82) is 0 Å². The first-order valence-corrected chi connectivity index (χ1v) is 6.99. The highest BCUT2D eigenvalue weighted by molar-refractivity contribution is 6.09. The van der Waals surface area contributed by atoms with E-state index >= 15 is 0 Å². The van der Waals surface area contributed by atoms with Gasteiger partial charge in [-0.3, -0.25) is 0 Å². The summed E-state index contributed by atoms with van der Waals surface area (Å²) in [6, 6.07) is 17.5. The van der Waals surface area contributed by atoms with Crippen molar-refractivity contribution in [3.8, 4) is 0 Å². The summed E-state index contributed by atoms with van der Waals surface area (Å²) in [5.74, 6) is 0. The summed E-state index contributed by atoms with van der Waals surface area (Å²) in [6.07, 6.45) is -2.25. The minimum Gasteiger partial charge on any atom is -0.390 e. The van der Waals surface area contributed by atoms with Gasteiger partial charge >= 0.3 is 0 Å². The van der Waals surface area contributed by atoms with Crippen LogP contribution >= 0.6 is 0 Å². The Morgan fingerprint density at radius 2 is 1.59 bits per heavy atom. The molecule has 3 aromatic rings. The first-order valence-electron chi connectivity index (χ1n) is 6.99. The van der Waals surface area contributed by atoms with E-state index in [2.05, 4.69) is 10.0 Å². The smallest absolute Gasteiger partial charge is 0.106 e. The predicted molar refractivity (Wildman–Crippen MR) is 86.4 cm³/mol. The molecule has 5 nitrogen and oxygen atoms in total. The molecule has 2 unspecified atom stereocenters. The monoisotopic (exact) mass is 293 g/mol. The molecule has 3 aromatic carbocycles. The molecule has 0 radical (unpaired) electrons. The molecule has 0 saturated heterocycles. The summed E-state index contributed by atoms with van der Waals surface area (Å²) >= 11 is 0. The molecule has 0 aliphatic carbocycles. The molecule has 0 aromatic heterocycles. The van der Waals surface area contributed by atoms with Crippen LogP contribution in [0, 0.1) is 0 Å². The lowest BCUT2D eigenvalue weighted by Gasteiger charge is -2.19. The van der Waals surface area contributed by atoms with E-state index in [1.165, 1.54) is 0 Å². The zero-order valence-electron chi connectivity index (χ0n) is 11.8. The number of azide groups is 1. The van der Waals surface area contributed by atoms with E-state index in [9.17, 15) is 10.2 Å². The van der Waals surface area contributed by atoms with Gasteiger partial charge in [-0.1, -0.05) is 53.6 Å². The fraction of sp³-hybridized carbons (Fsp3) is 0.176. The average molecular weight is 293 g/mol. The zero-order chi connectivity index (χ0) is 15.5. The van der Waals surface area contributed by atoms with E-state index in [-0.39, 0.29) is 6.54 Å². The van der Waals surface area contributed by atoms with E-state index < -0.39 is 12.2 Å². The van der Waals surface area contributed by atoms with E-state index in [0.717, 1.165) is 21.5 Å². The third-order valence-corrected chi connectivity index (χ3v) is 3.82. The SMILES string of the molecule is [N-]=[N+]=NCC(O)C(O)c1cc2ccccc2c2ccccc12. The molecule has 0 bridgehead atoms. The highest BCUT2D eigenvalue weighted by Crippen LogP contribution is 2.33. The summed E-state index contributed by atoms with van der Waals surface area (Å²) in [6.45, 7) is -0.168. The molecule has 0 fully saturated rings. The first kappa shape index (κ1) is 14.4. The zero-order valence-corrected chi connectivity index (χ0v) is 11.8. The number of rotatable bonds is 4. The Balaban J connectivity index is 2.21. The van der Waals surface area contributed by atoms with Crippen LogP contribution in [0.15, 0.2) is 59.7 Å². The summed E-state index contributed by atoms with van der Waals surface area (Å²) in [5, 5.41) is 27.8. The van der Waals surface area contributed by atoms with Crippen molar-refractivity contribution in [3.05, 3.63) is 70.6 Å². The van der Waals surface area contributed by atoms with Crippen LogP contribution in [0.4, 0.5) is 0 Å². The highest BCUT2D eigenvalue weighted by Gasteiger charge is 2.20. The molecule has 5 heteroatoms. The topological polar surface area (TPSA) is 89.2 Å². The highest BCUT2D eigenvalue weighted by atomic mass is 16.3. The summed E-state index contributed by atoms with van der Waals surface area (Å²) < 4.78 is 0. The normalized spacial score (nSPS) is 13.7. The van der Waals surface area contributed by atoms with Gasteiger partial charge in [0.15, 0.2) is 0 Å². The molecule has 0 heterocycles. The third-order valence-electron chi connectivity index (χ3n) is 3.82. The second-order valence-electron chi connectivity index (χ2n) is 5.16. The third kappa shape index (κ3) is 2.49. The van der Waals surface area contributed by atoms with Crippen LogP contribution in [0.25, 0.3) is 32.0 Å². The van der Waals surface area contributed by atoms with Crippen LogP contribution in [0.5, 0.6) is 0 Å². The van der Waals surface area contributed by atoms with Crippen molar-refractivity contribution in [2.45, 2.75) is 12.2 Å². The van der Waals surface area contributed by atoms with Crippen molar-refractivity contribution in [1.82, 2.24) is 0 Å². The Morgan fingerprint density at radius 1 is 0.955 bits per heavy atom. The Labute approximate surface area is 127 Å². The quantitative estimate of drug-likeness (QED) is 0.332.